The van der Waals surface area contributed by atoms with Gasteiger partial charge in [-0.3, -0.25) is 24.1 Å². The van der Waals surface area contributed by atoms with Gasteiger partial charge in [-0.25, -0.2) is 0 Å². The maximum absolute atomic E-state index is 11.9. The molecule has 0 amide bonds. The molecule has 0 fully saturated rings. The molecule has 0 aromatic heterocycles. The number of carboxylic acids is 2. The van der Waals surface area contributed by atoms with E-state index < -0.39 is 11.9 Å². The Morgan fingerprint density at radius 2 is 1.26 bits per heavy atom. The minimum Gasteiger partial charge on any atom is -0.481 e. The molecule has 0 aromatic carbocycles. The summed E-state index contributed by atoms with van der Waals surface area (Å²) in [6.45, 7) is 7.03. The highest BCUT2D eigenvalue weighted by Crippen LogP contribution is 1.97. The zero-order valence-corrected chi connectivity index (χ0v) is 18.4. The average molecular weight is 449 g/mol. The van der Waals surface area contributed by atoms with Crippen LogP contribution in [0.5, 0.6) is 0 Å². The lowest BCUT2D eigenvalue weighted by Gasteiger charge is -2.27. The van der Waals surface area contributed by atoms with Crippen molar-refractivity contribution in [3.05, 3.63) is 0 Å². The second kappa shape index (κ2) is 18.5. The Labute approximate surface area is 182 Å². The van der Waals surface area contributed by atoms with Crippen LogP contribution in [-0.2, 0) is 28.7 Å². The van der Waals surface area contributed by atoms with Gasteiger partial charge in [-0.05, 0) is 13.8 Å². The molecule has 12 nitrogen and oxygen atoms in total. The number of nitrogens with zero attached hydrogens (tertiary/aromatic N) is 2. The molecule has 0 saturated heterocycles. The Morgan fingerprint density at radius 1 is 0.710 bits per heavy atom. The molecule has 4 N–H and O–H groups in total. The van der Waals surface area contributed by atoms with Crippen LogP contribution >= 0.6 is 0 Å². The van der Waals surface area contributed by atoms with Gasteiger partial charge in [0.15, 0.2) is 0 Å². The molecule has 180 valence electrons. The molecule has 0 radical (unpaired) electrons. The number of hydrogen-bond donors (Lipinski definition) is 4. The summed E-state index contributed by atoms with van der Waals surface area (Å²) >= 11 is 0. The summed E-state index contributed by atoms with van der Waals surface area (Å²) in [5, 5.41) is 23.4. The van der Waals surface area contributed by atoms with E-state index in [2.05, 4.69) is 10.6 Å². The van der Waals surface area contributed by atoms with Gasteiger partial charge in [0.05, 0.1) is 39.3 Å². The van der Waals surface area contributed by atoms with E-state index in [0.717, 1.165) is 0 Å². The summed E-state index contributed by atoms with van der Waals surface area (Å²) in [6.07, 6.45) is -0.0318. The zero-order chi connectivity index (χ0) is 23.5. The van der Waals surface area contributed by atoms with Crippen molar-refractivity contribution in [2.75, 3.05) is 78.7 Å². The van der Waals surface area contributed by atoms with E-state index in [1.807, 2.05) is 9.80 Å². The molecule has 31 heavy (non-hydrogen) atoms. The Kier molecular flexibility index (Phi) is 17.1. The lowest BCUT2D eigenvalue weighted by atomic mass is 10.3. The first-order valence-corrected chi connectivity index (χ1v) is 10.4. The van der Waals surface area contributed by atoms with Gasteiger partial charge < -0.3 is 35.2 Å². The van der Waals surface area contributed by atoms with Crippen LogP contribution in [-0.4, -0.2) is 123 Å². The summed E-state index contributed by atoms with van der Waals surface area (Å²) in [5.41, 5.74) is 0. The Balaban J connectivity index is 4.64. The molecule has 0 aliphatic carbocycles. The van der Waals surface area contributed by atoms with Crippen LogP contribution in [0.3, 0.4) is 0 Å². The Morgan fingerprint density at radius 3 is 1.84 bits per heavy atom. The number of carbonyl (C=O) groups excluding carboxylic acids is 2. The molecule has 0 rings (SSSR count). The molecule has 0 atom stereocenters. The van der Waals surface area contributed by atoms with Gasteiger partial charge in [0.1, 0.15) is 0 Å². The van der Waals surface area contributed by atoms with Crippen LogP contribution in [0.4, 0.5) is 0 Å². The second-order valence-corrected chi connectivity index (χ2v) is 6.62. The zero-order valence-electron chi connectivity index (χ0n) is 18.4. The highest BCUT2D eigenvalue weighted by atomic mass is 16.5. The lowest BCUT2D eigenvalue weighted by molar-refractivity contribution is -0.144. The van der Waals surface area contributed by atoms with Crippen LogP contribution in [0.2, 0.25) is 0 Å². The molecule has 0 saturated carbocycles. The van der Waals surface area contributed by atoms with Gasteiger partial charge >= 0.3 is 23.9 Å². The number of esters is 2. The topological polar surface area (TPSA) is 158 Å². The van der Waals surface area contributed by atoms with Gasteiger partial charge in [0.2, 0.25) is 0 Å². The quantitative estimate of drug-likeness (QED) is 0.126. The third kappa shape index (κ3) is 18.2. The van der Waals surface area contributed by atoms with Crippen LogP contribution in [0.25, 0.3) is 0 Å². The van der Waals surface area contributed by atoms with Crippen molar-refractivity contribution in [2.24, 2.45) is 0 Å². The highest BCUT2D eigenvalue weighted by molar-refractivity contribution is 5.72. The third-order valence-electron chi connectivity index (χ3n) is 4.09. The first-order valence-electron chi connectivity index (χ1n) is 10.4. The van der Waals surface area contributed by atoms with Crippen molar-refractivity contribution in [2.45, 2.75) is 20.3 Å². The highest BCUT2D eigenvalue weighted by Gasteiger charge is 2.15. The molecule has 0 aliphatic rings. The second-order valence-electron chi connectivity index (χ2n) is 6.62. The molecule has 0 heterocycles. The van der Waals surface area contributed by atoms with E-state index >= 15 is 0 Å². The van der Waals surface area contributed by atoms with Crippen molar-refractivity contribution in [3.63, 3.8) is 0 Å². The molecule has 0 spiro atoms. The van der Waals surface area contributed by atoms with Crippen molar-refractivity contribution < 1.29 is 38.9 Å². The molecular weight excluding hydrogens is 412 g/mol. The molecule has 0 bridgehead atoms. The predicted octanol–water partition coefficient (Wildman–Crippen LogP) is -1.54. The largest absolute Gasteiger partial charge is 0.481 e. The van der Waals surface area contributed by atoms with Crippen molar-refractivity contribution >= 4 is 23.9 Å². The van der Waals surface area contributed by atoms with E-state index in [-0.39, 0.29) is 44.6 Å². The van der Waals surface area contributed by atoms with E-state index in [9.17, 15) is 19.2 Å². The van der Waals surface area contributed by atoms with Crippen molar-refractivity contribution in [3.8, 4) is 0 Å². The Bertz CT molecular complexity index is 547. The summed E-state index contributed by atoms with van der Waals surface area (Å²) in [7, 11) is 0. The van der Waals surface area contributed by atoms with Gasteiger partial charge in [-0.1, -0.05) is 0 Å². The first kappa shape index (κ1) is 28.7. The van der Waals surface area contributed by atoms with Crippen LogP contribution in [0, 0.1) is 0 Å². The van der Waals surface area contributed by atoms with Gasteiger partial charge in [0.25, 0.3) is 0 Å². The molecule has 0 unspecified atom stereocenters. The summed E-state index contributed by atoms with van der Waals surface area (Å²) < 4.78 is 9.82. The molecule has 0 aliphatic heterocycles. The fraction of sp³-hybridized carbons (Fsp3) is 0.789. The average Bonchev–Trinajstić information content (AvgIpc) is 2.69. The maximum Gasteiger partial charge on any atom is 0.320 e. The van der Waals surface area contributed by atoms with E-state index in [1.54, 1.807) is 13.8 Å². The monoisotopic (exact) mass is 448 g/mol. The fourth-order valence-electron chi connectivity index (χ4n) is 2.60. The van der Waals surface area contributed by atoms with Gasteiger partial charge in [-0.15, -0.1) is 0 Å². The number of ether oxygens (including phenoxy) is 2. The van der Waals surface area contributed by atoms with Crippen molar-refractivity contribution in [1.29, 1.82) is 0 Å². The van der Waals surface area contributed by atoms with E-state index in [0.29, 0.717) is 52.4 Å². The van der Waals surface area contributed by atoms with Gasteiger partial charge in [-0.2, -0.15) is 0 Å². The summed E-state index contributed by atoms with van der Waals surface area (Å²) in [4.78, 5) is 48.5. The fourth-order valence-corrected chi connectivity index (χ4v) is 2.60. The number of nitrogens with one attached hydrogen (secondary N) is 2. The van der Waals surface area contributed by atoms with Crippen LogP contribution in [0.15, 0.2) is 0 Å². The number of carboxylic acid groups (broad SMARTS) is 2. The van der Waals surface area contributed by atoms with E-state index in [4.69, 9.17) is 19.7 Å². The summed E-state index contributed by atoms with van der Waals surface area (Å²) in [6, 6.07) is 0. The molecular formula is C19H36N4O8. The standard InChI is InChI=1S/C19H36N4O8/c1-3-30-18(28)14-21-6-9-22(8-5-16(24)25)11-12-23(15-19(29)31-4-2)10-7-20-13-17(26)27/h20-21H,3-15H2,1-2H3,(H,24,25)(H,26,27). The minimum absolute atomic E-state index is 0.0318. The lowest BCUT2D eigenvalue weighted by Crippen LogP contribution is -2.44. The SMILES string of the molecule is CCOC(=O)CNCCN(CCC(=O)O)CCN(CCNCC(=O)O)CC(=O)OCC. The third-order valence-corrected chi connectivity index (χ3v) is 4.09. The van der Waals surface area contributed by atoms with E-state index in [1.165, 1.54) is 0 Å². The van der Waals surface area contributed by atoms with Crippen LogP contribution < -0.4 is 10.6 Å². The van der Waals surface area contributed by atoms with Crippen LogP contribution in [0.1, 0.15) is 20.3 Å². The smallest absolute Gasteiger partial charge is 0.320 e. The number of hydrogen-bond acceptors (Lipinski definition) is 10. The predicted molar refractivity (Wildman–Crippen MR) is 112 cm³/mol. The number of rotatable bonds is 20. The normalized spacial score (nSPS) is 11.0. The minimum atomic E-state index is -0.966. The first-order chi connectivity index (χ1) is 14.8. The Hall–Kier alpha value is -2.28. The molecule has 0 aromatic rings. The van der Waals surface area contributed by atoms with Crippen molar-refractivity contribution in [1.82, 2.24) is 20.4 Å². The van der Waals surface area contributed by atoms with Gasteiger partial charge in [0, 0.05) is 45.8 Å². The number of aliphatic carboxylic acids is 2. The summed E-state index contributed by atoms with van der Waals surface area (Å²) in [5.74, 6) is -2.61. The number of carbonyl (C=O) groups is 4. The molecule has 12 heteroatoms. The maximum atomic E-state index is 11.9.